The lowest BCUT2D eigenvalue weighted by Crippen LogP contribution is -2.14. The van der Waals surface area contributed by atoms with Crippen LogP contribution in [0.3, 0.4) is 0 Å². The molecule has 0 bridgehead atoms. The predicted molar refractivity (Wildman–Crippen MR) is 57.6 cm³/mol. The van der Waals surface area contributed by atoms with Crippen LogP contribution in [0.15, 0.2) is 34.6 Å². The van der Waals surface area contributed by atoms with Crippen molar-refractivity contribution in [2.75, 3.05) is 20.2 Å². The van der Waals surface area contributed by atoms with Crippen molar-refractivity contribution in [2.45, 2.75) is 0 Å². The fourth-order valence-corrected chi connectivity index (χ4v) is 1.02. The van der Waals surface area contributed by atoms with Crippen molar-refractivity contribution in [1.29, 1.82) is 0 Å². The van der Waals surface area contributed by atoms with Gasteiger partial charge in [-0.3, -0.25) is 5.01 Å². The largest absolute Gasteiger partial charge is 0.478 e. The second-order valence-electron chi connectivity index (χ2n) is 3.15. The number of nitrogens with zero attached hydrogens (tertiary/aromatic N) is 3. The van der Waals surface area contributed by atoms with E-state index in [4.69, 9.17) is 10.2 Å². The normalized spacial score (nSPS) is 10.6. The van der Waals surface area contributed by atoms with Crippen LogP contribution in [-0.4, -0.2) is 41.4 Å². The van der Waals surface area contributed by atoms with E-state index in [0.29, 0.717) is 12.2 Å². The molecule has 0 unspecified atom stereocenters. The van der Waals surface area contributed by atoms with Crippen LogP contribution in [0, 0.1) is 0 Å². The van der Waals surface area contributed by atoms with E-state index in [2.05, 4.69) is 10.3 Å². The number of carbonyl (C=O) groups is 1. The predicted octanol–water partition coefficient (Wildman–Crippen LogP) is 1.31. The van der Waals surface area contributed by atoms with Crippen molar-refractivity contribution in [2.24, 2.45) is 10.3 Å². The van der Waals surface area contributed by atoms with Gasteiger partial charge in [-0.05, 0) is 18.2 Å². The van der Waals surface area contributed by atoms with E-state index in [-0.39, 0.29) is 12.2 Å². The van der Waals surface area contributed by atoms with Gasteiger partial charge in [0.15, 0.2) is 0 Å². The number of aliphatic hydroxyl groups excluding tert-OH is 1. The molecule has 0 amide bonds. The van der Waals surface area contributed by atoms with Gasteiger partial charge >= 0.3 is 5.97 Å². The Balaban J connectivity index is 2.73. The van der Waals surface area contributed by atoms with E-state index in [0.717, 1.165) is 0 Å². The highest BCUT2D eigenvalue weighted by molar-refractivity contribution is 5.88. The summed E-state index contributed by atoms with van der Waals surface area (Å²) < 4.78 is 0. The van der Waals surface area contributed by atoms with Crippen molar-refractivity contribution in [3.05, 3.63) is 29.8 Å². The summed E-state index contributed by atoms with van der Waals surface area (Å²) in [6.45, 7) is 0.368. The first-order chi connectivity index (χ1) is 7.63. The van der Waals surface area contributed by atoms with Gasteiger partial charge in [0.05, 0.1) is 24.4 Å². The standard InChI is InChI=1S/C10H13N3O3/c1-13(5-6-14)12-11-9-4-2-3-8(7-9)10(15)16/h2-4,7,14H,5-6H2,1H3,(H,15,16). The van der Waals surface area contributed by atoms with Crippen LogP contribution in [0.2, 0.25) is 0 Å². The van der Waals surface area contributed by atoms with Gasteiger partial charge in [-0.15, -0.1) is 5.11 Å². The zero-order chi connectivity index (χ0) is 12.0. The Labute approximate surface area is 92.8 Å². The summed E-state index contributed by atoms with van der Waals surface area (Å²) in [5.41, 5.74) is 0.631. The Morgan fingerprint density at radius 3 is 2.88 bits per heavy atom. The molecule has 0 saturated carbocycles. The zero-order valence-electron chi connectivity index (χ0n) is 8.87. The third kappa shape index (κ3) is 3.66. The molecule has 1 rings (SSSR count). The summed E-state index contributed by atoms with van der Waals surface area (Å²) in [5.74, 6) is -0.999. The summed E-state index contributed by atoms with van der Waals surface area (Å²) in [6, 6.07) is 6.17. The average Bonchev–Trinajstić information content (AvgIpc) is 2.27. The molecule has 0 saturated heterocycles. The Hall–Kier alpha value is -1.95. The number of hydrogen-bond donors (Lipinski definition) is 2. The summed E-state index contributed by atoms with van der Waals surface area (Å²) >= 11 is 0. The van der Waals surface area contributed by atoms with Gasteiger partial charge in [-0.25, -0.2) is 4.79 Å². The molecule has 0 atom stereocenters. The minimum atomic E-state index is -0.999. The fraction of sp³-hybridized carbons (Fsp3) is 0.300. The molecule has 0 fully saturated rings. The Kier molecular flexibility index (Phi) is 4.41. The molecule has 0 spiro atoms. The Morgan fingerprint density at radius 2 is 2.25 bits per heavy atom. The van der Waals surface area contributed by atoms with Gasteiger partial charge in [-0.2, -0.15) is 0 Å². The van der Waals surface area contributed by atoms with Crippen molar-refractivity contribution in [3.8, 4) is 0 Å². The smallest absolute Gasteiger partial charge is 0.335 e. The van der Waals surface area contributed by atoms with Gasteiger partial charge in [-0.1, -0.05) is 11.3 Å². The number of rotatable bonds is 5. The Morgan fingerprint density at radius 1 is 1.50 bits per heavy atom. The highest BCUT2D eigenvalue weighted by Crippen LogP contribution is 2.14. The maximum atomic E-state index is 10.7. The first-order valence-electron chi connectivity index (χ1n) is 4.70. The van der Waals surface area contributed by atoms with Crippen LogP contribution in [-0.2, 0) is 0 Å². The molecule has 0 radical (unpaired) electrons. The number of carboxylic acid groups (broad SMARTS) is 1. The van der Waals surface area contributed by atoms with Crippen molar-refractivity contribution < 1.29 is 15.0 Å². The van der Waals surface area contributed by atoms with Gasteiger partial charge < -0.3 is 10.2 Å². The molecular weight excluding hydrogens is 210 g/mol. The third-order valence-electron chi connectivity index (χ3n) is 1.83. The number of aromatic carboxylic acids is 1. The van der Waals surface area contributed by atoms with Crippen LogP contribution in [0.5, 0.6) is 0 Å². The summed E-state index contributed by atoms with van der Waals surface area (Å²) in [4.78, 5) is 10.7. The minimum absolute atomic E-state index is 0.00924. The number of hydrogen-bond acceptors (Lipinski definition) is 4. The van der Waals surface area contributed by atoms with Gasteiger partial charge in [0.25, 0.3) is 0 Å². The molecule has 0 aromatic heterocycles. The van der Waals surface area contributed by atoms with Crippen LogP contribution in [0.1, 0.15) is 10.4 Å². The molecule has 2 N–H and O–H groups in total. The SMILES string of the molecule is CN(CCO)N=Nc1cccc(C(=O)O)c1. The number of aliphatic hydroxyl groups is 1. The van der Waals surface area contributed by atoms with E-state index in [9.17, 15) is 4.79 Å². The highest BCUT2D eigenvalue weighted by atomic mass is 16.4. The fourth-order valence-electron chi connectivity index (χ4n) is 1.02. The van der Waals surface area contributed by atoms with Gasteiger partial charge in [0, 0.05) is 7.05 Å². The lowest BCUT2D eigenvalue weighted by molar-refractivity contribution is 0.0697. The van der Waals surface area contributed by atoms with E-state index in [1.54, 1.807) is 19.2 Å². The second kappa shape index (κ2) is 5.82. The first kappa shape index (κ1) is 12.1. The highest BCUT2D eigenvalue weighted by Gasteiger charge is 2.02. The average molecular weight is 223 g/mol. The molecular formula is C10H13N3O3. The van der Waals surface area contributed by atoms with Crippen LogP contribution >= 0.6 is 0 Å². The molecule has 0 heterocycles. The zero-order valence-corrected chi connectivity index (χ0v) is 8.87. The van der Waals surface area contributed by atoms with Crippen LogP contribution in [0.25, 0.3) is 0 Å². The maximum Gasteiger partial charge on any atom is 0.335 e. The molecule has 0 aliphatic carbocycles. The van der Waals surface area contributed by atoms with Crippen LogP contribution in [0.4, 0.5) is 5.69 Å². The topological polar surface area (TPSA) is 85.5 Å². The molecule has 0 aliphatic rings. The number of carboxylic acids is 1. The third-order valence-corrected chi connectivity index (χ3v) is 1.83. The molecule has 1 aromatic carbocycles. The van der Waals surface area contributed by atoms with Crippen molar-refractivity contribution in [3.63, 3.8) is 0 Å². The van der Waals surface area contributed by atoms with Crippen molar-refractivity contribution >= 4 is 11.7 Å². The molecule has 6 nitrogen and oxygen atoms in total. The van der Waals surface area contributed by atoms with E-state index in [1.165, 1.54) is 17.1 Å². The summed E-state index contributed by atoms with van der Waals surface area (Å²) in [7, 11) is 1.67. The monoisotopic (exact) mass is 223 g/mol. The summed E-state index contributed by atoms with van der Waals surface area (Å²) in [6.07, 6.45) is 0. The molecule has 1 aromatic rings. The van der Waals surface area contributed by atoms with E-state index >= 15 is 0 Å². The van der Waals surface area contributed by atoms with E-state index < -0.39 is 5.97 Å². The lowest BCUT2D eigenvalue weighted by Gasteiger charge is -2.07. The van der Waals surface area contributed by atoms with Crippen LogP contribution < -0.4 is 0 Å². The minimum Gasteiger partial charge on any atom is -0.478 e. The van der Waals surface area contributed by atoms with Crippen molar-refractivity contribution in [1.82, 2.24) is 5.01 Å². The quantitative estimate of drug-likeness (QED) is 0.582. The number of benzene rings is 1. The van der Waals surface area contributed by atoms with E-state index in [1.807, 2.05) is 0 Å². The molecule has 16 heavy (non-hydrogen) atoms. The lowest BCUT2D eigenvalue weighted by atomic mass is 10.2. The van der Waals surface area contributed by atoms with Gasteiger partial charge in [0.2, 0.25) is 0 Å². The Bertz CT molecular complexity index is 393. The molecule has 6 heteroatoms. The van der Waals surface area contributed by atoms with Gasteiger partial charge in [0.1, 0.15) is 0 Å². The molecule has 0 aliphatic heterocycles. The summed E-state index contributed by atoms with van der Waals surface area (Å²) in [5, 5.41) is 26.5. The second-order valence-corrected chi connectivity index (χ2v) is 3.15. The maximum absolute atomic E-state index is 10.7. The number of likely N-dealkylation sites (N-methyl/N-ethyl adjacent to an activating group) is 1. The molecule has 86 valence electrons. The first-order valence-corrected chi connectivity index (χ1v) is 4.70.